The van der Waals surface area contributed by atoms with Crippen LogP contribution in [0.25, 0.3) is 11.0 Å². The Bertz CT molecular complexity index is 1280. The minimum Gasteiger partial charge on any atom is -0.497 e. The van der Waals surface area contributed by atoms with Crippen LogP contribution in [-0.2, 0) is 6.54 Å². The van der Waals surface area contributed by atoms with Crippen molar-refractivity contribution in [2.24, 2.45) is 0 Å². The minimum atomic E-state index is -0.171. The molecule has 32 heavy (non-hydrogen) atoms. The van der Waals surface area contributed by atoms with E-state index < -0.39 is 0 Å². The predicted octanol–water partition coefficient (Wildman–Crippen LogP) is 5.80. The predicted molar refractivity (Wildman–Crippen MR) is 126 cm³/mol. The highest BCUT2D eigenvalue weighted by Crippen LogP contribution is 2.30. The van der Waals surface area contributed by atoms with E-state index in [4.69, 9.17) is 32.7 Å². The number of anilines is 1. The first-order valence-electron chi connectivity index (χ1n) is 9.71. The lowest BCUT2D eigenvalue weighted by Gasteiger charge is -2.24. The lowest BCUT2D eigenvalue weighted by molar-refractivity contribution is 0.0985. The molecule has 0 spiro atoms. The second-order valence-corrected chi connectivity index (χ2v) is 7.63. The first-order chi connectivity index (χ1) is 15.5. The maximum absolute atomic E-state index is 13.5. The summed E-state index contributed by atoms with van der Waals surface area (Å²) in [5.74, 6) is 1.11. The summed E-state index contributed by atoms with van der Waals surface area (Å²) in [5.41, 5.74) is 3.12. The Labute approximate surface area is 195 Å². The van der Waals surface area contributed by atoms with Gasteiger partial charge in [0, 0.05) is 22.9 Å². The number of hydrogen-bond acceptors (Lipinski definition) is 5. The number of amides is 1. The molecule has 0 N–H and O–H groups in total. The summed E-state index contributed by atoms with van der Waals surface area (Å²) in [6.45, 7) is 0.265. The number of halogens is 2. The first-order valence-corrected chi connectivity index (χ1v) is 10.5. The Hall–Kier alpha value is -3.35. The summed E-state index contributed by atoms with van der Waals surface area (Å²) in [4.78, 5) is 23.7. The maximum Gasteiger partial charge on any atom is 0.258 e. The van der Waals surface area contributed by atoms with E-state index in [1.54, 1.807) is 55.5 Å². The fraction of sp³-hybridized carbons (Fsp3) is 0.125. The Balaban J connectivity index is 1.80. The highest BCUT2D eigenvalue weighted by atomic mass is 35.5. The van der Waals surface area contributed by atoms with Crippen LogP contribution in [0.1, 0.15) is 15.9 Å². The van der Waals surface area contributed by atoms with Gasteiger partial charge in [0.15, 0.2) is 10.3 Å². The van der Waals surface area contributed by atoms with E-state index in [-0.39, 0.29) is 22.8 Å². The molecule has 0 unspecified atom stereocenters. The third kappa shape index (κ3) is 4.47. The van der Waals surface area contributed by atoms with E-state index in [9.17, 15) is 4.79 Å². The summed E-state index contributed by atoms with van der Waals surface area (Å²) in [5, 5.41) is 0.237. The monoisotopic (exact) mass is 467 g/mol. The molecular formula is C24H19Cl2N3O3. The zero-order valence-corrected chi connectivity index (χ0v) is 18.9. The van der Waals surface area contributed by atoms with E-state index in [0.717, 1.165) is 5.56 Å². The van der Waals surface area contributed by atoms with E-state index in [1.165, 1.54) is 0 Å². The average molecular weight is 468 g/mol. The Morgan fingerprint density at radius 2 is 1.59 bits per heavy atom. The minimum absolute atomic E-state index is 0.106. The van der Waals surface area contributed by atoms with Crippen molar-refractivity contribution >= 4 is 45.8 Å². The van der Waals surface area contributed by atoms with Gasteiger partial charge in [-0.15, -0.1) is 0 Å². The van der Waals surface area contributed by atoms with E-state index in [0.29, 0.717) is 33.8 Å². The van der Waals surface area contributed by atoms with Crippen LogP contribution in [0.4, 0.5) is 5.69 Å². The van der Waals surface area contributed by atoms with Crippen LogP contribution in [0, 0.1) is 0 Å². The standard InChI is InChI=1S/C24H19Cl2N3O3/c1-31-18-10-8-16(21(13-18)32-2)14-29(24(30)15-6-4-3-5-7-15)17-9-11-19-20(12-17)28-23(26)22(25)27-19/h3-13H,14H2,1-2H3. The third-order valence-electron chi connectivity index (χ3n) is 4.97. The molecule has 0 fully saturated rings. The van der Waals surface area contributed by atoms with Crippen LogP contribution >= 0.6 is 23.2 Å². The summed E-state index contributed by atoms with van der Waals surface area (Å²) in [6.07, 6.45) is 0. The molecule has 0 atom stereocenters. The van der Waals surface area contributed by atoms with E-state index >= 15 is 0 Å². The van der Waals surface area contributed by atoms with E-state index in [1.807, 2.05) is 30.3 Å². The average Bonchev–Trinajstić information content (AvgIpc) is 2.83. The summed E-state index contributed by atoms with van der Waals surface area (Å²) in [6, 6.07) is 19.9. The van der Waals surface area contributed by atoms with Crippen LogP contribution in [0.3, 0.4) is 0 Å². The van der Waals surface area contributed by atoms with Gasteiger partial charge >= 0.3 is 0 Å². The van der Waals surface area contributed by atoms with Crippen molar-refractivity contribution in [1.82, 2.24) is 9.97 Å². The fourth-order valence-corrected chi connectivity index (χ4v) is 3.60. The second-order valence-electron chi connectivity index (χ2n) is 6.91. The molecule has 1 aromatic heterocycles. The molecule has 8 heteroatoms. The van der Waals surface area contributed by atoms with Crippen molar-refractivity contribution in [3.05, 3.63) is 88.2 Å². The zero-order valence-electron chi connectivity index (χ0n) is 17.4. The zero-order chi connectivity index (χ0) is 22.7. The van der Waals surface area contributed by atoms with E-state index in [2.05, 4.69) is 9.97 Å². The van der Waals surface area contributed by atoms with Gasteiger partial charge < -0.3 is 14.4 Å². The highest BCUT2D eigenvalue weighted by molar-refractivity contribution is 6.40. The van der Waals surface area contributed by atoms with Crippen molar-refractivity contribution in [2.45, 2.75) is 6.54 Å². The largest absolute Gasteiger partial charge is 0.497 e. The first kappa shape index (κ1) is 21.9. The summed E-state index contributed by atoms with van der Waals surface area (Å²) >= 11 is 12.1. The van der Waals surface area contributed by atoms with Crippen molar-refractivity contribution in [3.8, 4) is 11.5 Å². The molecule has 3 aromatic carbocycles. The number of nitrogens with zero attached hydrogens (tertiary/aromatic N) is 3. The molecule has 1 heterocycles. The number of fused-ring (bicyclic) bond motifs is 1. The van der Waals surface area contributed by atoms with Crippen LogP contribution in [0.5, 0.6) is 11.5 Å². The van der Waals surface area contributed by atoms with Crippen molar-refractivity contribution in [3.63, 3.8) is 0 Å². The quantitative estimate of drug-likeness (QED) is 0.358. The number of benzene rings is 3. The molecule has 0 aliphatic rings. The van der Waals surface area contributed by atoms with Gasteiger partial charge in [-0.3, -0.25) is 4.79 Å². The Kier molecular flexibility index (Phi) is 6.44. The second kappa shape index (κ2) is 9.42. The summed E-state index contributed by atoms with van der Waals surface area (Å²) < 4.78 is 10.8. The molecule has 0 aliphatic heterocycles. The molecule has 0 saturated heterocycles. The number of rotatable bonds is 6. The van der Waals surface area contributed by atoms with Crippen LogP contribution in [-0.4, -0.2) is 30.1 Å². The highest BCUT2D eigenvalue weighted by Gasteiger charge is 2.21. The van der Waals surface area contributed by atoms with Gasteiger partial charge in [0.2, 0.25) is 0 Å². The van der Waals surface area contributed by atoms with Gasteiger partial charge in [0.25, 0.3) is 5.91 Å². The number of carbonyl (C=O) groups is 1. The fourth-order valence-electron chi connectivity index (χ4n) is 3.34. The van der Waals surface area contributed by atoms with Gasteiger partial charge in [-0.2, -0.15) is 0 Å². The lowest BCUT2D eigenvalue weighted by atomic mass is 10.1. The number of hydrogen-bond donors (Lipinski definition) is 0. The molecule has 1 amide bonds. The lowest BCUT2D eigenvalue weighted by Crippen LogP contribution is -2.30. The number of methoxy groups -OCH3 is 2. The van der Waals surface area contributed by atoms with Crippen LogP contribution in [0.2, 0.25) is 10.3 Å². The number of aromatic nitrogens is 2. The smallest absolute Gasteiger partial charge is 0.258 e. The third-order valence-corrected chi connectivity index (χ3v) is 5.59. The summed E-state index contributed by atoms with van der Waals surface area (Å²) in [7, 11) is 3.17. The molecule has 6 nitrogen and oxygen atoms in total. The molecule has 162 valence electrons. The topological polar surface area (TPSA) is 64.5 Å². The van der Waals surface area contributed by atoms with Gasteiger partial charge in [0.1, 0.15) is 11.5 Å². The number of carbonyl (C=O) groups excluding carboxylic acids is 1. The van der Waals surface area contributed by atoms with Gasteiger partial charge in [0.05, 0.1) is 31.8 Å². The molecular weight excluding hydrogens is 449 g/mol. The Morgan fingerprint density at radius 3 is 2.28 bits per heavy atom. The van der Waals surface area contributed by atoms with Crippen LogP contribution in [0.15, 0.2) is 66.7 Å². The molecule has 0 bridgehead atoms. The molecule has 0 saturated carbocycles. The molecule has 4 rings (SSSR count). The van der Waals surface area contributed by atoms with Crippen LogP contribution < -0.4 is 14.4 Å². The number of ether oxygens (including phenoxy) is 2. The molecule has 0 aliphatic carbocycles. The maximum atomic E-state index is 13.5. The van der Waals surface area contributed by atoms with Crippen molar-refractivity contribution in [2.75, 3.05) is 19.1 Å². The van der Waals surface area contributed by atoms with Gasteiger partial charge in [-0.25, -0.2) is 9.97 Å². The van der Waals surface area contributed by atoms with Crippen molar-refractivity contribution in [1.29, 1.82) is 0 Å². The SMILES string of the molecule is COc1ccc(CN(C(=O)c2ccccc2)c2ccc3nc(Cl)c(Cl)nc3c2)c(OC)c1. The molecule has 4 aromatic rings. The normalized spacial score (nSPS) is 10.8. The Morgan fingerprint density at radius 1 is 0.875 bits per heavy atom. The van der Waals surface area contributed by atoms with Gasteiger partial charge in [-0.05, 0) is 42.5 Å². The molecule has 0 radical (unpaired) electrons. The van der Waals surface area contributed by atoms with Gasteiger partial charge in [-0.1, -0.05) is 41.4 Å². The van der Waals surface area contributed by atoms with Crippen molar-refractivity contribution < 1.29 is 14.3 Å².